The van der Waals surface area contributed by atoms with Crippen molar-refractivity contribution in [3.63, 3.8) is 0 Å². The summed E-state index contributed by atoms with van der Waals surface area (Å²) >= 11 is 1.13. The molecular formula is C32H31N3O6S. The Hall–Kier alpha value is -4.54. The van der Waals surface area contributed by atoms with Gasteiger partial charge in [0.05, 0.1) is 18.8 Å². The van der Waals surface area contributed by atoms with E-state index < -0.39 is 36.2 Å². The number of aromatic carboxylic acids is 1. The lowest BCUT2D eigenvalue weighted by atomic mass is 9.98. The van der Waals surface area contributed by atoms with Crippen molar-refractivity contribution in [3.8, 4) is 11.1 Å². The number of nitrogens with zero attached hydrogens (tertiary/aromatic N) is 1. The molecule has 3 atom stereocenters. The van der Waals surface area contributed by atoms with Crippen LogP contribution in [-0.4, -0.2) is 46.8 Å². The summed E-state index contributed by atoms with van der Waals surface area (Å²) in [6, 6.07) is 23.9. The minimum absolute atomic E-state index is 0.0935. The number of ether oxygens (including phenoxy) is 2. The number of aromatic nitrogens is 1. The summed E-state index contributed by atoms with van der Waals surface area (Å²) in [6.07, 6.45) is -1.47. The second-order valence-corrected chi connectivity index (χ2v) is 10.9. The molecule has 4 aromatic rings. The number of hydrogen-bond donors (Lipinski definition) is 3. The molecule has 2 amide bonds. The molecule has 42 heavy (non-hydrogen) atoms. The van der Waals surface area contributed by atoms with Gasteiger partial charge in [0.15, 0.2) is 5.69 Å². The number of nitrogens with one attached hydrogen (secondary N) is 2. The lowest BCUT2D eigenvalue weighted by Crippen LogP contribution is -2.53. The summed E-state index contributed by atoms with van der Waals surface area (Å²) in [4.78, 5) is 41.9. The van der Waals surface area contributed by atoms with Crippen molar-refractivity contribution in [3.05, 3.63) is 112 Å². The van der Waals surface area contributed by atoms with Crippen LogP contribution >= 0.6 is 11.3 Å². The molecular weight excluding hydrogens is 554 g/mol. The molecule has 0 aliphatic heterocycles. The van der Waals surface area contributed by atoms with Crippen LogP contribution < -0.4 is 10.6 Å². The van der Waals surface area contributed by atoms with Crippen LogP contribution in [0.3, 0.4) is 0 Å². The fraction of sp³-hybridized carbons (Fsp3) is 0.250. The molecule has 1 aliphatic carbocycles. The molecule has 216 valence electrons. The fourth-order valence-electron chi connectivity index (χ4n) is 5.01. The van der Waals surface area contributed by atoms with E-state index in [2.05, 4.69) is 27.8 Å². The summed E-state index contributed by atoms with van der Waals surface area (Å²) in [6.45, 7) is 3.73. The molecule has 0 fully saturated rings. The predicted molar refractivity (Wildman–Crippen MR) is 158 cm³/mol. The minimum Gasteiger partial charge on any atom is -0.476 e. The van der Waals surface area contributed by atoms with E-state index in [1.165, 1.54) is 5.38 Å². The average molecular weight is 586 g/mol. The number of thiazole rings is 1. The van der Waals surface area contributed by atoms with Crippen LogP contribution in [0.25, 0.3) is 11.1 Å². The molecule has 1 heterocycles. The Morgan fingerprint density at radius 3 is 2.14 bits per heavy atom. The first kappa shape index (κ1) is 29.0. The highest BCUT2D eigenvalue weighted by Crippen LogP contribution is 2.44. The molecule has 0 spiro atoms. The number of carboxylic acid groups (broad SMARTS) is 1. The smallest absolute Gasteiger partial charge is 0.407 e. The van der Waals surface area contributed by atoms with E-state index in [0.29, 0.717) is 5.01 Å². The summed E-state index contributed by atoms with van der Waals surface area (Å²) in [7, 11) is 0. The first-order chi connectivity index (χ1) is 20.3. The Balaban J connectivity index is 1.27. The van der Waals surface area contributed by atoms with Gasteiger partial charge in [0.25, 0.3) is 0 Å². The highest BCUT2D eigenvalue weighted by molar-refractivity contribution is 7.09. The molecule has 1 aliphatic rings. The highest BCUT2D eigenvalue weighted by Gasteiger charge is 2.32. The fourth-order valence-corrected chi connectivity index (χ4v) is 5.81. The lowest BCUT2D eigenvalue weighted by molar-refractivity contribution is -0.127. The molecule has 1 aromatic heterocycles. The zero-order valence-electron chi connectivity index (χ0n) is 23.2. The maximum atomic E-state index is 13.4. The van der Waals surface area contributed by atoms with Gasteiger partial charge in [0, 0.05) is 11.3 Å². The summed E-state index contributed by atoms with van der Waals surface area (Å²) in [5, 5.41) is 16.6. The average Bonchev–Trinajstić information content (AvgIpc) is 3.62. The zero-order valence-corrected chi connectivity index (χ0v) is 24.0. The third-order valence-corrected chi connectivity index (χ3v) is 8.22. The van der Waals surface area contributed by atoms with Crippen LogP contribution in [0.4, 0.5) is 4.79 Å². The third-order valence-electron chi connectivity index (χ3n) is 7.19. The Bertz CT molecular complexity index is 1530. The van der Waals surface area contributed by atoms with Crippen LogP contribution in [0.15, 0.2) is 84.2 Å². The van der Waals surface area contributed by atoms with Crippen LogP contribution in [0.2, 0.25) is 0 Å². The number of carboxylic acids is 1. The van der Waals surface area contributed by atoms with Gasteiger partial charge in [0.1, 0.15) is 17.7 Å². The van der Waals surface area contributed by atoms with E-state index >= 15 is 0 Å². The van der Waals surface area contributed by atoms with Crippen molar-refractivity contribution in [2.45, 2.75) is 44.6 Å². The van der Waals surface area contributed by atoms with Crippen LogP contribution in [-0.2, 0) is 20.9 Å². The van der Waals surface area contributed by atoms with Gasteiger partial charge < -0.3 is 25.2 Å². The van der Waals surface area contributed by atoms with Crippen molar-refractivity contribution in [1.29, 1.82) is 0 Å². The van der Waals surface area contributed by atoms with Gasteiger partial charge in [-0.15, -0.1) is 11.3 Å². The van der Waals surface area contributed by atoms with Crippen molar-refractivity contribution in [2.75, 3.05) is 6.61 Å². The van der Waals surface area contributed by atoms with E-state index in [9.17, 15) is 19.5 Å². The number of carbonyl (C=O) groups excluding carboxylic acids is 2. The number of fused-ring (bicyclic) bond motifs is 3. The molecule has 10 heteroatoms. The maximum Gasteiger partial charge on any atom is 0.407 e. The van der Waals surface area contributed by atoms with Gasteiger partial charge >= 0.3 is 12.1 Å². The van der Waals surface area contributed by atoms with E-state index in [0.717, 1.165) is 39.2 Å². The van der Waals surface area contributed by atoms with Gasteiger partial charge in [0.2, 0.25) is 5.91 Å². The molecule has 0 saturated carbocycles. The predicted octanol–water partition coefficient (Wildman–Crippen LogP) is 5.53. The van der Waals surface area contributed by atoms with E-state index in [-0.39, 0.29) is 24.8 Å². The first-order valence-electron chi connectivity index (χ1n) is 13.6. The van der Waals surface area contributed by atoms with Crippen LogP contribution in [0, 0.1) is 0 Å². The van der Waals surface area contributed by atoms with Gasteiger partial charge in [-0.3, -0.25) is 4.79 Å². The van der Waals surface area contributed by atoms with E-state index in [4.69, 9.17) is 9.47 Å². The number of benzene rings is 3. The van der Waals surface area contributed by atoms with Crippen molar-refractivity contribution >= 4 is 29.3 Å². The van der Waals surface area contributed by atoms with Crippen LogP contribution in [0.1, 0.15) is 58.0 Å². The Kier molecular flexibility index (Phi) is 8.94. The SMILES string of the molecule is CC(NC(=O)C(NC(=O)OCC1c2ccccc2-c2ccccc21)C(C)OCc1ccccc1)c1nc(C(=O)O)cs1. The molecule has 5 rings (SSSR count). The Labute approximate surface area is 247 Å². The molecule has 3 aromatic carbocycles. The van der Waals surface area contributed by atoms with Crippen molar-refractivity contribution < 1.29 is 29.0 Å². The Morgan fingerprint density at radius 1 is 0.905 bits per heavy atom. The molecule has 0 radical (unpaired) electrons. The van der Waals surface area contributed by atoms with Gasteiger partial charge in [-0.25, -0.2) is 14.6 Å². The van der Waals surface area contributed by atoms with Gasteiger partial charge in [-0.05, 0) is 41.7 Å². The summed E-state index contributed by atoms with van der Waals surface area (Å²) in [5.41, 5.74) is 5.22. The minimum atomic E-state index is -1.14. The highest BCUT2D eigenvalue weighted by atomic mass is 32.1. The summed E-state index contributed by atoms with van der Waals surface area (Å²) < 4.78 is 11.7. The second kappa shape index (κ2) is 13.0. The number of alkyl carbamates (subject to hydrolysis) is 1. The number of hydrogen-bond acceptors (Lipinski definition) is 7. The normalized spacial score (nSPS) is 14.2. The van der Waals surface area contributed by atoms with Gasteiger partial charge in [-0.2, -0.15) is 0 Å². The zero-order chi connectivity index (χ0) is 29.6. The topological polar surface area (TPSA) is 127 Å². The van der Waals surface area contributed by atoms with Gasteiger partial charge in [-0.1, -0.05) is 78.9 Å². The number of carbonyl (C=O) groups is 3. The molecule has 3 N–H and O–H groups in total. The van der Waals surface area contributed by atoms with Crippen LogP contribution in [0.5, 0.6) is 0 Å². The maximum absolute atomic E-state index is 13.4. The van der Waals surface area contributed by atoms with Crippen molar-refractivity contribution in [2.24, 2.45) is 0 Å². The van der Waals surface area contributed by atoms with Crippen molar-refractivity contribution in [1.82, 2.24) is 15.6 Å². The Morgan fingerprint density at radius 2 is 1.52 bits per heavy atom. The number of rotatable bonds is 11. The standard InChI is InChI=1S/C32H31N3O6S/c1-19(30-34-27(18-42-30)31(37)38)33-29(36)28(20(2)40-16-21-10-4-3-5-11-21)35-32(39)41-17-26-24-14-8-6-12-22(24)23-13-7-9-15-25(23)26/h3-15,18-20,26,28H,16-17H2,1-2H3,(H,33,36)(H,35,39)(H,37,38). The lowest BCUT2D eigenvalue weighted by Gasteiger charge is -2.26. The second-order valence-electron chi connectivity index (χ2n) is 10.1. The summed E-state index contributed by atoms with van der Waals surface area (Å²) in [5.74, 6) is -1.78. The molecule has 0 saturated heterocycles. The largest absolute Gasteiger partial charge is 0.476 e. The third kappa shape index (κ3) is 6.50. The molecule has 0 bridgehead atoms. The quantitative estimate of drug-likeness (QED) is 0.211. The molecule has 3 unspecified atom stereocenters. The first-order valence-corrected chi connectivity index (χ1v) is 14.5. The monoisotopic (exact) mass is 585 g/mol. The van der Waals surface area contributed by atoms with E-state index in [1.807, 2.05) is 66.7 Å². The van der Waals surface area contributed by atoms with E-state index in [1.54, 1.807) is 13.8 Å². The number of amides is 2. The molecule has 9 nitrogen and oxygen atoms in total.